The number of hydrogen-bond acceptors (Lipinski definition) is 3. The zero-order chi connectivity index (χ0) is 26.0. The zero-order valence-corrected chi connectivity index (χ0v) is 22.6. The first-order valence-electron chi connectivity index (χ1n) is 14.9. The second-order valence-corrected chi connectivity index (χ2v) is 11.8. The molecule has 4 rings (SSSR count). The fourth-order valence-corrected chi connectivity index (χ4v) is 6.56. The van der Waals surface area contributed by atoms with E-state index in [0.29, 0.717) is 12.2 Å². The third-order valence-electron chi connectivity index (χ3n) is 9.18. The van der Waals surface area contributed by atoms with E-state index in [2.05, 4.69) is 13.2 Å². The first-order chi connectivity index (χ1) is 18.0. The Hall–Kier alpha value is -1.62. The van der Waals surface area contributed by atoms with Crippen LogP contribution >= 0.6 is 0 Å². The van der Waals surface area contributed by atoms with Crippen LogP contribution in [0.5, 0.6) is 0 Å². The fraction of sp³-hybridized carbons (Fsp3) is 0.750. The van der Waals surface area contributed by atoms with Crippen LogP contribution in [0.25, 0.3) is 0 Å². The molecule has 0 N–H and O–H groups in total. The molecule has 4 saturated carbocycles. The van der Waals surface area contributed by atoms with Gasteiger partial charge in [0, 0.05) is 0 Å². The van der Waals surface area contributed by atoms with E-state index in [1.807, 2.05) is 12.5 Å². The second-order valence-electron chi connectivity index (χ2n) is 11.8. The summed E-state index contributed by atoms with van der Waals surface area (Å²) in [4.78, 5) is 0. The Kier molecular flexibility index (Phi) is 11.1. The molecule has 0 spiro atoms. The van der Waals surface area contributed by atoms with Gasteiger partial charge in [-0.05, 0) is 126 Å². The summed E-state index contributed by atoms with van der Waals surface area (Å²) in [5.74, 6) is 0.242. The van der Waals surface area contributed by atoms with E-state index in [0.717, 1.165) is 103 Å². The quantitative estimate of drug-likeness (QED) is 0.213. The molecule has 3 nitrogen and oxygen atoms in total. The first-order valence-corrected chi connectivity index (χ1v) is 14.9. The minimum atomic E-state index is -0.875. The molecule has 0 aliphatic heterocycles. The number of rotatable bonds is 10. The van der Waals surface area contributed by atoms with Crippen LogP contribution in [0, 0.1) is 11.8 Å². The predicted molar refractivity (Wildman–Crippen MR) is 146 cm³/mol. The minimum absolute atomic E-state index is 0.121. The maximum absolute atomic E-state index is 13.8. The van der Waals surface area contributed by atoms with Crippen molar-refractivity contribution in [3.63, 3.8) is 0 Å². The lowest BCUT2D eigenvalue weighted by Crippen LogP contribution is -2.27. The molecule has 37 heavy (non-hydrogen) atoms. The normalized spacial score (nSPS) is 34.6. The van der Waals surface area contributed by atoms with Crippen molar-refractivity contribution in [3.8, 4) is 0 Å². The highest BCUT2D eigenvalue weighted by Crippen LogP contribution is 2.35. The number of halogens is 2. The van der Waals surface area contributed by atoms with Crippen LogP contribution in [0.15, 0.2) is 49.0 Å². The van der Waals surface area contributed by atoms with Gasteiger partial charge in [0.25, 0.3) is 0 Å². The second kappa shape index (κ2) is 14.5. The monoisotopic (exact) mass is 518 g/mol. The molecule has 5 heteroatoms. The lowest BCUT2D eigenvalue weighted by Gasteiger charge is -2.32. The summed E-state index contributed by atoms with van der Waals surface area (Å²) in [7, 11) is 0. The van der Waals surface area contributed by atoms with Gasteiger partial charge in [-0.3, -0.25) is 0 Å². The summed E-state index contributed by atoms with van der Waals surface area (Å²) in [6.45, 7) is 7.17. The molecule has 0 bridgehead atoms. The lowest BCUT2D eigenvalue weighted by molar-refractivity contribution is -0.0372. The molecule has 208 valence electrons. The Morgan fingerprint density at radius 1 is 0.541 bits per heavy atom. The molecule has 0 aromatic carbocycles. The molecule has 4 aliphatic carbocycles. The first kappa shape index (κ1) is 28.4. The van der Waals surface area contributed by atoms with Crippen LogP contribution in [0.2, 0.25) is 0 Å². The molecular formula is C32H48F2O3. The van der Waals surface area contributed by atoms with Crippen molar-refractivity contribution in [2.75, 3.05) is 0 Å². The van der Waals surface area contributed by atoms with E-state index in [1.54, 1.807) is 0 Å². The van der Waals surface area contributed by atoms with Crippen LogP contribution in [0.4, 0.5) is 8.78 Å². The van der Waals surface area contributed by atoms with E-state index in [-0.39, 0.29) is 24.0 Å². The molecule has 0 aromatic rings. The molecule has 4 fully saturated rings. The Bertz CT molecular complexity index is 693. The zero-order valence-electron chi connectivity index (χ0n) is 22.6. The van der Waals surface area contributed by atoms with E-state index < -0.39 is 12.3 Å². The minimum Gasteiger partial charge on any atom is -0.498 e. The van der Waals surface area contributed by atoms with Crippen LogP contribution in [0.3, 0.4) is 0 Å². The average molecular weight is 519 g/mol. The molecule has 0 aromatic heterocycles. The summed E-state index contributed by atoms with van der Waals surface area (Å²) < 4.78 is 46.2. The van der Waals surface area contributed by atoms with Gasteiger partial charge in [-0.1, -0.05) is 12.2 Å². The van der Waals surface area contributed by atoms with Crippen molar-refractivity contribution in [1.82, 2.24) is 0 Å². The standard InChI is InChI=1S/C32H48F2O3/c1-3-31(33)25-9-17-27(18-10-25)35-21-23-5-13-29(14-6-23)37-30-15-7-24(8-16-30)22-36-28-19-11-26(12-20-28)32(34)4-2/h3-4,21-22,25-32H,1-2,5-20H2. The maximum Gasteiger partial charge on any atom is 0.121 e. The Labute approximate surface area is 223 Å². The summed E-state index contributed by atoms with van der Waals surface area (Å²) in [6, 6.07) is 0. The SMILES string of the molecule is C=CC(F)C1CCC(OC=C2CCC(OC3CCC(=COC4CCC(C(F)C=C)CC4)CC3)CC2)CC1. The summed E-state index contributed by atoms with van der Waals surface area (Å²) in [6.07, 6.45) is 22.1. The molecule has 0 amide bonds. The van der Waals surface area contributed by atoms with Crippen molar-refractivity contribution < 1.29 is 23.0 Å². The van der Waals surface area contributed by atoms with Crippen LogP contribution < -0.4 is 0 Å². The van der Waals surface area contributed by atoms with Crippen LogP contribution in [-0.2, 0) is 14.2 Å². The van der Waals surface area contributed by atoms with Gasteiger partial charge in [0.15, 0.2) is 0 Å². The van der Waals surface area contributed by atoms with E-state index in [1.165, 1.54) is 23.3 Å². The van der Waals surface area contributed by atoms with Crippen molar-refractivity contribution in [2.24, 2.45) is 11.8 Å². The average Bonchev–Trinajstić information content (AvgIpc) is 2.96. The van der Waals surface area contributed by atoms with Gasteiger partial charge in [-0.2, -0.15) is 0 Å². The largest absolute Gasteiger partial charge is 0.498 e. The molecular weight excluding hydrogens is 470 g/mol. The lowest BCUT2D eigenvalue weighted by atomic mass is 9.84. The summed E-state index contributed by atoms with van der Waals surface area (Å²) >= 11 is 0. The third-order valence-corrected chi connectivity index (χ3v) is 9.18. The van der Waals surface area contributed by atoms with E-state index in [9.17, 15) is 8.78 Å². The highest BCUT2D eigenvalue weighted by Gasteiger charge is 2.29. The van der Waals surface area contributed by atoms with E-state index >= 15 is 0 Å². The number of allylic oxidation sites excluding steroid dienone is 4. The van der Waals surface area contributed by atoms with Crippen molar-refractivity contribution in [3.05, 3.63) is 49.0 Å². The predicted octanol–water partition coefficient (Wildman–Crippen LogP) is 8.86. The number of alkyl halides is 2. The number of ether oxygens (including phenoxy) is 3. The van der Waals surface area contributed by atoms with Crippen LogP contribution in [0.1, 0.15) is 103 Å². The third kappa shape index (κ3) is 8.70. The highest BCUT2D eigenvalue weighted by molar-refractivity contribution is 5.05. The Morgan fingerprint density at radius 2 is 0.892 bits per heavy atom. The van der Waals surface area contributed by atoms with Gasteiger partial charge in [-0.15, -0.1) is 13.2 Å². The van der Waals surface area contributed by atoms with Crippen molar-refractivity contribution in [1.29, 1.82) is 0 Å². The van der Waals surface area contributed by atoms with Gasteiger partial charge in [-0.25, -0.2) is 8.78 Å². The highest BCUT2D eigenvalue weighted by atomic mass is 19.1. The Balaban J connectivity index is 1.08. The molecule has 0 radical (unpaired) electrons. The fourth-order valence-electron chi connectivity index (χ4n) is 6.56. The van der Waals surface area contributed by atoms with Crippen LogP contribution in [-0.4, -0.2) is 36.8 Å². The van der Waals surface area contributed by atoms with Gasteiger partial charge in [0.1, 0.15) is 12.3 Å². The van der Waals surface area contributed by atoms with Crippen molar-refractivity contribution in [2.45, 2.75) is 139 Å². The van der Waals surface area contributed by atoms with Gasteiger partial charge in [0.05, 0.1) is 36.9 Å². The molecule has 4 aliphatic rings. The molecule has 0 saturated heterocycles. The van der Waals surface area contributed by atoms with Gasteiger partial charge < -0.3 is 14.2 Å². The van der Waals surface area contributed by atoms with E-state index in [4.69, 9.17) is 14.2 Å². The molecule has 2 atom stereocenters. The smallest absolute Gasteiger partial charge is 0.121 e. The Morgan fingerprint density at radius 3 is 1.22 bits per heavy atom. The maximum atomic E-state index is 13.8. The molecule has 2 unspecified atom stereocenters. The van der Waals surface area contributed by atoms with Crippen molar-refractivity contribution >= 4 is 0 Å². The van der Waals surface area contributed by atoms with Gasteiger partial charge in [0.2, 0.25) is 0 Å². The summed E-state index contributed by atoms with van der Waals surface area (Å²) in [5.41, 5.74) is 2.78. The topological polar surface area (TPSA) is 27.7 Å². The number of hydrogen-bond donors (Lipinski definition) is 0. The molecule has 0 heterocycles. The summed E-state index contributed by atoms with van der Waals surface area (Å²) in [5, 5.41) is 0. The van der Waals surface area contributed by atoms with Gasteiger partial charge >= 0.3 is 0 Å².